The Kier molecular flexibility index (Phi) is 4.16. The van der Waals surface area contributed by atoms with Crippen LogP contribution >= 0.6 is 0 Å². The summed E-state index contributed by atoms with van der Waals surface area (Å²) in [6.07, 6.45) is 0.238. The van der Waals surface area contributed by atoms with Gasteiger partial charge in [-0.25, -0.2) is 8.42 Å². The fourth-order valence-corrected chi connectivity index (χ4v) is 2.86. The lowest BCUT2D eigenvalue weighted by atomic mass is 10.1. The molecule has 1 N–H and O–H groups in total. The predicted molar refractivity (Wildman–Crippen MR) is 60.4 cm³/mol. The molecule has 7 heteroatoms. The van der Waals surface area contributed by atoms with Gasteiger partial charge in [0.05, 0.1) is 24.4 Å². The minimum atomic E-state index is -3.15. The van der Waals surface area contributed by atoms with E-state index in [1.165, 1.54) is 0 Å². The van der Waals surface area contributed by atoms with Gasteiger partial charge in [-0.05, 0) is 13.8 Å². The van der Waals surface area contributed by atoms with Crippen LogP contribution < -0.4 is 0 Å². The molecule has 6 nitrogen and oxygen atoms in total. The third kappa shape index (κ3) is 5.47. The molecule has 2 unspecified atom stereocenters. The number of hydrogen-bond acceptors (Lipinski definition) is 5. The van der Waals surface area contributed by atoms with Crippen molar-refractivity contribution in [3.63, 3.8) is 0 Å². The van der Waals surface area contributed by atoms with Gasteiger partial charge in [-0.3, -0.25) is 4.79 Å². The quantitative estimate of drug-likeness (QED) is 0.793. The number of carboxylic acid groups (broad SMARTS) is 1. The smallest absolute Gasteiger partial charge is 0.305 e. The van der Waals surface area contributed by atoms with E-state index in [-0.39, 0.29) is 18.6 Å². The SMILES string of the molecule is CC1(C)OC(CC(=O)O)CC(CS(C)(=O)=O)O1. The van der Waals surface area contributed by atoms with Gasteiger partial charge in [-0.1, -0.05) is 0 Å². The third-order valence-electron chi connectivity index (χ3n) is 2.32. The summed E-state index contributed by atoms with van der Waals surface area (Å²) in [6.45, 7) is 3.30. The fraction of sp³-hybridized carbons (Fsp3) is 0.900. The standard InChI is InChI=1S/C10H18O6S/c1-10(2)15-7(5-9(11)12)4-8(16-10)6-17(3,13)14/h7-8H,4-6H2,1-3H3,(H,11,12). The van der Waals surface area contributed by atoms with Gasteiger partial charge in [0.2, 0.25) is 0 Å². The highest BCUT2D eigenvalue weighted by atomic mass is 32.2. The highest BCUT2D eigenvalue weighted by Gasteiger charge is 2.37. The second-order valence-electron chi connectivity index (χ2n) is 4.81. The first-order valence-corrected chi connectivity index (χ1v) is 7.38. The molecule has 0 aromatic rings. The molecule has 2 atom stereocenters. The summed E-state index contributed by atoms with van der Waals surface area (Å²) in [7, 11) is -3.15. The highest BCUT2D eigenvalue weighted by molar-refractivity contribution is 7.90. The number of rotatable bonds is 4. The second kappa shape index (κ2) is 4.91. The first-order valence-electron chi connectivity index (χ1n) is 5.32. The number of carboxylic acids is 1. The van der Waals surface area contributed by atoms with E-state index in [1.807, 2.05) is 0 Å². The van der Waals surface area contributed by atoms with Crippen molar-refractivity contribution in [2.75, 3.05) is 12.0 Å². The van der Waals surface area contributed by atoms with Crippen LogP contribution in [0.25, 0.3) is 0 Å². The number of aliphatic carboxylic acids is 1. The molecular formula is C10H18O6S. The molecule has 0 bridgehead atoms. The van der Waals surface area contributed by atoms with Gasteiger partial charge in [-0.15, -0.1) is 0 Å². The maximum atomic E-state index is 11.2. The summed E-state index contributed by atoms with van der Waals surface area (Å²) in [6, 6.07) is 0. The Balaban J connectivity index is 2.70. The molecule has 0 spiro atoms. The monoisotopic (exact) mass is 266 g/mol. The number of sulfone groups is 1. The molecule has 1 heterocycles. The van der Waals surface area contributed by atoms with E-state index in [0.717, 1.165) is 6.26 Å². The van der Waals surface area contributed by atoms with Crippen molar-refractivity contribution < 1.29 is 27.8 Å². The van der Waals surface area contributed by atoms with Crippen LogP contribution in [-0.4, -0.2) is 49.5 Å². The molecule has 1 rings (SSSR count). The van der Waals surface area contributed by atoms with Gasteiger partial charge < -0.3 is 14.6 Å². The van der Waals surface area contributed by atoms with Gasteiger partial charge in [0.1, 0.15) is 9.84 Å². The minimum Gasteiger partial charge on any atom is -0.481 e. The summed E-state index contributed by atoms with van der Waals surface area (Å²) < 4.78 is 33.3. The van der Waals surface area contributed by atoms with Crippen molar-refractivity contribution in [2.24, 2.45) is 0 Å². The van der Waals surface area contributed by atoms with Crippen molar-refractivity contribution in [2.45, 2.75) is 44.7 Å². The molecule has 0 aliphatic carbocycles. The van der Waals surface area contributed by atoms with Crippen LogP contribution in [0.2, 0.25) is 0 Å². The molecule has 0 aromatic carbocycles. The van der Waals surface area contributed by atoms with Crippen molar-refractivity contribution in [1.29, 1.82) is 0 Å². The molecule has 0 saturated carbocycles. The van der Waals surface area contributed by atoms with E-state index >= 15 is 0 Å². The predicted octanol–water partition coefficient (Wildman–Crippen LogP) is 0.416. The molecule has 0 amide bonds. The molecule has 0 aromatic heterocycles. The molecular weight excluding hydrogens is 248 g/mol. The summed E-state index contributed by atoms with van der Waals surface area (Å²) in [5, 5.41) is 8.72. The average Bonchev–Trinajstić information content (AvgIpc) is 1.93. The summed E-state index contributed by atoms with van der Waals surface area (Å²) >= 11 is 0. The lowest BCUT2D eigenvalue weighted by Gasteiger charge is -2.40. The van der Waals surface area contributed by atoms with Gasteiger partial charge >= 0.3 is 5.97 Å². The largest absolute Gasteiger partial charge is 0.481 e. The van der Waals surface area contributed by atoms with Gasteiger partial charge in [0, 0.05) is 12.7 Å². The Labute approximate surface area is 101 Å². The Morgan fingerprint density at radius 3 is 2.35 bits per heavy atom. The third-order valence-corrected chi connectivity index (χ3v) is 3.29. The lowest BCUT2D eigenvalue weighted by Crippen LogP contribution is -2.47. The molecule has 1 fully saturated rings. The van der Waals surface area contributed by atoms with Crippen LogP contribution in [0.1, 0.15) is 26.7 Å². The lowest BCUT2D eigenvalue weighted by molar-refractivity contribution is -0.295. The van der Waals surface area contributed by atoms with Crippen LogP contribution in [0.5, 0.6) is 0 Å². The first kappa shape index (κ1) is 14.4. The van der Waals surface area contributed by atoms with Gasteiger partial charge in [0.15, 0.2) is 5.79 Å². The number of carbonyl (C=O) groups is 1. The molecule has 100 valence electrons. The van der Waals surface area contributed by atoms with E-state index in [4.69, 9.17) is 14.6 Å². The molecule has 0 radical (unpaired) electrons. The van der Waals surface area contributed by atoms with Crippen LogP contribution in [0.4, 0.5) is 0 Å². The molecule has 1 aliphatic heterocycles. The summed E-state index contributed by atoms with van der Waals surface area (Å²) in [5.74, 6) is -2.03. The van der Waals surface area contributed by atoms with Crippen LogP contribution in [0.15, 0.2) is 0 Å². The van der Waals surface area contributed by atoms with E-state index in [9.17, 15) is 13.2 Å². The van der Waals surface area contributed by atoms with Crippen LogP contribution in [-0.2, 0) is 24.1 Å². The number of ether oxygens (including phenoxy) is 2. The van der Waals surface area contributed by atoms with Crippen LogP contribution in [0, 0.1) is 0 Å². The van der Waals surface area contributed by atoms with Crippen molar-refractivity contribution in [3.05, 3.63) is 0 Å². The first-order chi connectivity index (χ1) is 7.57. The fourth-order valence-electron chi connectivity index (χ4n) is 1.98. The van der Waals surface area contributed by atoms with E-state index in [2.05, 4.69) is 0 Å². The van der Waals surface area contributed by atoms with E-state index in [1.54, 1.807) is 13.8 Å². The van der Waals surface area contributed by atoms with E-state index in [0.29, 0.717) is 0 Å². The molecule has 1 aliphatic rings. The normalized spacial score (nSPS) is 28.9. The Hall–Kier alpha value is -0.660. The minimum absolute atomic E-state index is 0.115. The summed E-state index contributed by atoms with van der Waals surface area (Å²) in [5.41, 5.74) is 0. The average molecular weight is 266 g/mol. The van der Waals surface area contributed by atoms with Crippen molar-refractivity contribution >= 4 is 15.8 Å². The van der Waals surface area contributed by atoms with Crippen molar-refractivity contribution in [1.82, 2.24) is 0 Å². The van der Waals surface area contributed by atoms with Crippen LogP contribution in [0.3, 0.4) is 0 Å². The molecule has 17 heavy (non-hydrogen) atoms. The Bertz CT molecular complexity index is 386. The van der Waals surface area contributed by atoms with E-state index < -0.39 is 33.8 Å². The second-order valence-corrected chi connectivity index (χ2v) is 6.99. The number of hydrogen-bond donors (Lipinski definition) is 1. The van der Waals surface area contributed by atoms with Crippen molar-refractivity contribution in [3.8, 4) is 0 Å². The maximum Gasteiger partial charge on any atom is 0.305 e. The zero-order valence-corrected chi connectivity index (χ0v) is 11.0. The molecule has 1 saturated heterocycles. The topological polar surface area (TPSA) is 89.9 Å². The van der Waals surface area contributed by atoms with Gasteiger partial charge in [-0.2, -0.15) is 0 Å². The Morgan fingerprint density at radius 1 is 1.35 bits per heavy atom. The van der Waals surface area contributed by atoms with Gasteiger partial charge in [0.25, 0.3) is 0 Å². The zero-order chi connectivity index (χ0) is 13.3. The summed E-state index contributed by atoms with van der Waals surface area (Å²) in [4.78, 5) is 10.6. The highest BCUT2D eigenvalue weighted by Crippen LogP contribution is 2.28. The zero-order valence-electron chi connectivity index (χ0n) is 10.2. The maximum absolute atomic E-state index is 11.2. The Morgan fingerprint density at radius 2 is 1.88 bits per heavy atom.